The summed E-state index contributed by atoms with van der Waals surface area (Å²) >= 11 is 5.94. The molecule has 28 heavy (non-hydrogen) atoms. The zero-order valence-electron chi connectivity index (χ0n) is 15.6. The number of amides is 1. The first-order valence-corrected chi connectivity index (χ1v) is 9.81. The van der Waals surface area contributed by atoms with Crippen molar-refractivity contribution in [3.63, 3.8) is 0 Å². The first kappa shape index (κ1) is 20.7. The summed E-state index contributed by atoms with van der Waals surface area (Å²) < 4.78 is 26.2. The maximum Gasteiger partial charge on any atom is 0.225 e. The van der Waals surface area contributed by atoms with Gasteiger partial charge in [0, 0.05) is 49.4 Å². The molecule has 0 aliphatic carbocycles. The van der Waals surface area contributed by atoms with Gasteiger partial charge in [-0.05, 0) is 49.3 Å². The van der Waals surface area contributed by atoms with Crippen LogP contribution < -0.4 is 5.32 Å². The van der Waals surface area contributed by atoms with Crippen LogP contribution in [0.2, 0.25) is 5.02 Å². The SMILES string of the molecule is O=C(CCN1CCCN(Cc2ccc(Cl)cc2)CC1)Nc1ccc(F)c(F)c1. The van der Waals surface area contributed by atoms with Gasteiger partial charge in [0.1, 0.15) is 0 Å². The molecular formula is C21H24ClF2N3O. The molecule has 0 spiro atoms. The topological polar surface area (TPSA) is 35.6 Å². The molecule has 150 valence electrons. The molecule has 0 saturated carbocycles. The summed E-state index contributed by atoms with van der Waals surface area (Å²) in [5.41, 5.74) is 1.51. The van der Waals surface area contributed by atoms with Crippen molar-refractivity contribution >= 4 is 23.2 Å². The number of hydrogen-bond donors (Lipinski definition) is 1. The highest BCUT2D eigenvalue weighted by Gasteiger charge is 2.16. The first-order chi connectivity index (χ1) is 13.5. The number of hydrogen-bond acceptors (Lipinski definition) is 3. The molecule has 0 unspecified atom stereocenters. The fraction of sp³-hybridized carbons (Fsp3) is 0.381. The van der Waals surface area contributed by atoms with Gasteiger partial charge in [-0.1, -0.05) is 23.7 Å². The van der Waals surface area contributed by atoms with Crippen LogP contribution in [0.15, 0.2) is 42.5 Å². The van der Waals surface area contributed by atoms with Crippen molar-refractivity contribution in [3.8, 4) is 0 Å². The van der Waals surface area contributed by atoms with E-state index in [2.05, 4.69) is 15.1 Å². The van der Waals surface area contributed by atoms with Crippen molar-refractivity contribution in [1.82, 2.24) is 9.80 Å². The average molecular weight is 408 g/mol. The summed E-state index contributed by atoms with van der Waals surface area (Å²) in [5.74, 6) is -2.09. The highest BCUT2D eigenvalue weighted by atomic mass is 35.5. The van der Waals surface area contributed by atoms with Gasteiger partial charge in [0.2, 0.25) is 5.91 Å². The Morgan fingerprint density at radius 2 is 1.68 bits per heavy atom. The Balaban J connectivity index is 1.42. The lowest BCUT2D eigenvalue weighted by atomic mass is 10.2. The molecule has 1 aliphatic rings. The third kappa shape index (κ3) is 6.26. The molecule has 1 amide bonds. The monoisotopic (exact) mass is 407 g/mol. The van der Waals surface area contributed by atoms with Gasteiger partial charge in [-0.2, -0.15) is 0 Å². The van der Waals surface area contributed by atoms with Crippen molar-refractivity contribution in [3.05, 3.63) is 64.7 Å². The standard InChI is InChI=1S/C21H24ClF2N3O/c22-17-4-2-16(3-5-17)15-27-10-1-9-26(12-13-27)11-8-21(28)25-18-6-7-19(23)20(24)14-18/h2-7,14H,1,8-13,15H2,(H,25,28). The van der Waals surface area contributed by atoms with E-state index in [0.717, 1.165) is 56.3 Å². The molecule has 7 heteroatoms. The normalized spacial score (nSPS) is 16.0. The van der Waals surface area contributed by atoms with E-state index < -0.39 is 11.6 Å². The van der Waals surface area contributed by atoms with Crippen LogP contribution in [0.4, 0.5) is 14.5 Å². The van der Waals surface area contributed by atoms with Crippen LogP contribution in [0.25, 0.3) is 0 Å². The van der Waals surface area contributed by atoms with Gasteiger partial charge in [-0.15, -0.1) is 0 Å². The fourth-order valence-electron chi connectivity index (χ4n) is 3.31. The number of carbonyl (C=O) groups excluding carboxylic acids is 1. The Morgan fingerprint density at radius 3 is 2.43 bits per heavy atom. The maximum atomic E-state index is 13.2. The van der Waals surface area contributed by atoms with Crippen LogP contribution in [0, 0.1) is 11.6 Å². The number of nitrogens with zero attached hydrogens (tertiary/aromatic N) is 2. The first-order valence-electron chi connectivity index (χ1n) is 9.43. The van der Waals surface area contributed by atoms with Gasteiger partial charge in [-0.3, -0.25) is 9.69 Å². The molecule has 1 N–H and O–H groups in total. The maximum absolute atomic E-state index is 13.2. The van der Waals surface area contributed by atoms with E-state index in [4.69, 9.17) is 11.6 Å². The quantitative estimate of drug-likeness (QED) is 0.781. The second-order valence-corrected chi connectivity index (χ2v) is 7.46. The van der Waals surface area contributed by atoms with Crippen molar-refractivity contribution in [1.29, 1.82) is 0 Å². The number of nitrogens with one attached hydrogen (secondary N) is 1. The molecule has 2 aromatic carbocycles. The molecule has 1 fully saturated rings. The van der Waals surface area contributed by atoms with Crippen molar-refractivity contribution < 1.29 is 13.6 Å². The summed E-state index contributed by atoms with van der Waals surface area (Å²) in [4.78, 5) is 16.8. The summed E-state index contributed by atoms with van der Waals surface area (Å²) in [6, 6.07) is 11.3. The number of halogens is 3. The molecular weight excluding hydrogens is 384 g/mol. The largest absolute Gasteiger partial charge is 0.326 e. The molecule has 1 heterocycles. The van der Waals surface area contributed by atoms with Gasteiger partial charge >= 0.3 is 0 Å². The summed E-state index contributed by atoms with van der Waals surface area (Å²) in [6.07, 6.45) is 1.36. The van der Waals surface area contributed by atoms with Crippen LogP contribution in [0.3, 0.4) is 0 Å². The van der Waals surface area contributed by atoms with Gasteiger partial charge in [0.05, 0.1) is 0 Å². The molecule has 0 aromatic heterocycles. The lowest BCUT2D eigenvalue weighted by molar-refractivity contribution is -0.116. The van der Waals surface area contributed by atoms with Crippen molar-refractivity contribution in [2.24, 2.45) is 0 Å². The predicted octanol–water partition coefficient (Wildman–Crippen LogP) is 4.15. The fourth-order valence-corrected chi connectivity index (χ4v) is 3.44. The molecule has 2 aromatic rings. The Kier molecular flexibility index (Phi) is 7.36. The lowest BCUT2D eigenvalue weighted by Gasteiger charge is -2.21. The van der Waals surface area contributed by atoms with E-state index in [1.54, 1.807) is 0 Å². The second-order valence-electron chi connectivity index (χ2n) is 7.02. The Labute approximate surface area is 169 Å². The Morgan fingerprint density at radius 1 is 0.964 bits per heavy atom. The second kappa shape index (κ2) is 9.96. The van der Waals surface area contributed by atoms with Gasteiger partial charge in [-0.25, -0.2) is 8.78 Å². The molecule has 0 radical (unpaired) electrons. The molecule has 3 rings (SSSR count). The van der Waals surface area contributed by atoms with E-state index in [9.17, 15) is 13.6 Å². The van der Waals surface area contributed by atoms with E-state index in [0.29, 0.717) is 13.0 Å². The highest BCUT2D eigenvalue weighted by molar-refractivity contribution is 6.30. The zero-order valence-corrected chi connectivity index (χ0v) is 16.4. The van der Waals surface area contributed by atoms with Gasteiger partial charge < -0.3 is 10.2 Å². The minimum absolute atomic E-state index is 0.201. The number of carbonyl (C=O) groups is 1. The van der Waals surface area contributed by atoms with Gasteiger partial charge in [0.15, 0.2) is 11.6 Å². The third-order valence-corrected chi connectivity index (χ3v) is 5.11. The number of anilines is 1. The minimum atomic E-state index is -0.967. The average Bonchev–Trinajstić information content (AvgIpc) is 2.90. The molecule has 4 nitrogen and oxygen atoms in total. The van der Waals surface area contributed by atoms with E-state index in [1.165, 1.54) is 11.6 Å². The van der Waals surface area contributed by atoms with Crippen molar-refractivity contribution in [2.75, 3.05) is 38.0 Å². The molecule has 0 atom stereocenters. The van der Waals surface area contributed by atoms with Gasteiger partial charge in [0.25, 0.3) is 0 Å². The van der Waals surface area contributed by atoms with Crippen molar-refractivity contribution in [2.45, 2.75) is 19.4 Å². The number of rotatable bonds is 6. The Hall–Kier alpha value is -2.02. The summed E-state index contributed by atoms with van der Waals surface area (Å²) in [7, 11) is 0. The molecule has 1 aliphatic heterocycles. The van der Waals surface area contributed by atoms with Crippen LogP contribution in [0.1, 0.15) is 18.4 Å². The zero-order chi connectivity index (χ0) is 19.9. The summed E-state index contributed by atoms with van der Waals surface area (Å²) in [6.45, 7) is 5.32. The summed E-state index contributed by atoms with van der Waals surface area (Å²) in [5, 5.41) is 3.36. The van der Waals surface area contributed by atoms with Crippen LogP contribution in [-0.2, 0) is 11.3 Å². The van der Waals surface area contributed by atoms with E-state index >= 15 is 0 Å². The predicted molar refractivity (Wildman–Crippen MR) is 107 cm³/mol. The van der Waals surface area contributed by atoms with Crippen LogP contribution >= 0.6 is 11.6 Å². The van der Waals surface area contributed by atoms with Crippen LogP contribution in [0.5, 0.6) is 0 Å². The van der Waals surface area contributed by atoms with E-state index in [-0.39, 0.29) is 11.6 Å². The van der Waals surface area contributed by atoms with E-state index in [1.807, 2.05) is 24.3 Å². The van der Waals surface area contributed by atoms with Crippen LogP contribution in [-0.4, -0.2) is 48.4 Å². The smallest absolute Gasteiger partial charge is 0.225 e. The molecule has 0 bridgehead atoms. The third-order valence-electron chi connectivity index (χ3n) is 4.86. The minimum Gasteiger partial charge on any atom is -0.326 e. The Bertz CT molecular complexity index is 801. The molecule has 1 saturated heterocycles. The lowest BCUT2D eigenvalue weighted by Crippen LogP contribution is -2.32. The number of benzene rings is 2. The highest BCUT2D eigenvalue weighted by Crippen LogP contribution is 2.15.